The maximum atomic E-state index is 13.4. The average molecular weight is 510 g/mol. The highest BCUT2D eigenvalue weighted by Gasteiger charge is 2.37. The molecule has 1 aromatic carbocycles. The molecule has 0 N–H and O–H groups in total. The first-order valence-corrected chi connectivity index (χ1v) is 10.9. The first-order chi connectivity index (χ1) is 16.9. The van der Waals surface area contributed by atoms with E-state index in [0.29, 0.717) is 36.4 Å². The number of hydrogen-bond donors (Lipinski definition) is 0. The van der Waals surface area contributed by atoms with E-state index in [2.05, 4.69) is 22.3 Å². The summed E-state index contributed by atoms with van der Waals surface area (Å²) in [6.07, 6.45) is -7.69. The van der Waals surface area contributed by atoms with Gasteiger partial charge in [-0.2, -0.15) is 31.1 Å². The molecule has 4 rings (SSSR count). The zero-order chi connectivity index (χ0) is 26.3. The molecule has 0 amide bonds. The second kappa shape index (κ2) is 9.43. The van der Waals surface area contributed by atoms with Gasteiger partial charge in [-0.15, -0.1) is 5.10 Å². The van der Waals surface area contributed by atoms with Gasteiger partial charge in [0.15, 0.2) is 0 Å². The molecule has 7 nitrogen and oxygen atoms in total. The fraction of sp³-hybridized carbons (Fsp3) is 0.348. The summed E-state index contributed by atoms with van der Waals surface area (Å²) in [4.78, 5) is 7.30. The molecule has 36 heavy (non-hydrogen) atoms. The molecule has 4 aromatic rings. The topological polar surface area (TPSA) is 64.7 Å². The lowest BCUT2D eigenvalue weighted by atomic mass is 10.0. The molecule has 1 radical (unpaired) electrons. The third kappa shape index (κ3) is 5.29. The van der Waals surface area contributed by atoms with Crippen LogP contribution < -0.4 is 4.90 Å². The molecular weight excluding hydrogens is 488 g/mol. The minimum Gasteiger partial charge on any atom is -0.333 e. The molecule has 3 aromatic heterocycles. The van der Waals surface area contributed by atoms with Crippen LogP contribution in [0.4, 0.5) is 32.3 Å². The maximum Gasteiger partial charge on any atom is 0.416 e. The highest BCUT2D eigenvalue weighted by Crippen LogP contribution is 2.37. The highest BCUT2D eigenvalue weighted by molar-refractivity contribution is 5.77. The minimum atomic E-state index is -4.95. The Hall–Kier alpha value is -3.64. The maximum absolute atomic E-state index is 13.4. The van der Waals surface area contributed by atoms with Crippen molar-refractivity contribution < 1.29 is 26.3 Å². The minimum absolute atomic E-state index is 0.0460. The molecular formula is C23H22F6N7. The van der Waals surface area contributed by atoms with Gasteiger partial charge in [0.25, 0.3) is 5.95 Å². The van der Waals surface area contributed by atoms with Gasteiger partial charge in [-0.05, 0) is 66.9 Å². The molecule has 0 bridgehead atoms. The van der Waals surface area contributed by atoms with Crippen molar-refractivity contribution in [1.82, 2.24) is 29.8 Å². The van der Waals surface area contributed by atoms with Gasteiger partial charge in [-0.25, -0.2) is 4.98 Å². The molecule has 0 saturated carbocycles. The Kier molecular flexibility index (Phi) is 6.67. The Labute approximate surface area is 202 Å². The van der Waals surface area contributed by atoms with E-state index >= 15 is 0 Å². The number of tetrazole rings is 1. The van der Waals surface area contributed by atoms with E-state index in [1.54, 1.807) is 0 Å². The first kappa shape index (κ1) is 25.5. The van der Waals surface area contributed by atoms with Crippen LogP contribution in [0.15, 0.2) is 36.5 Å². The Morgan fingerprint density at radius 1 is 0.972 bits per heavy atom. The van der Waals surface area contributed by atoms with Gasteiger partial charge in [0, 0.05) is 36.9 Å². The lowest BCUT2D eigenvalue weighted by Gasteiger charge is -2.23. The van der Waals surface area contributed by atoms with E-state index in [1.165, 1.54) is 11.9 Å². The van der Waals surface area contributed by atoms with Gasteiger partial charge in [-0.1, -0.05) is 5.10 Å². The smallest absolute Gasteiger partial charge is 0.333 e. The molecule has 3 heterocycles. The second-order valence-electron chi connectivity index (χ2n) is 8.21. The molecule has 0 unspecified atom stereocenters. The number of aryl methyl sites for hydroxylation is 2. The second-order valence-corrected chi connectivity index (χ2v) is 8.21. The Morgan fingerprint density at radius 2 is 1.64 bits per heavy atom. The van der Waals surface area contributed by atoms with Crippen molar-refractivity contribution in [2.75, 3.05) is 4.90 Å². The molecule has 0 fully saturated rings. The van der Waals surface area contributed by atoms with Gasteiger partial charge in [-0.3, -0.25) is 0 Å². The fourth-order valence-corrected chi connectivity index (χ4v) is 3.94. The van der Waals surface area contributed by atoms with Crippen LogP contribution in [0.1, 0.15) is 34.9 Å². The number of fused-ring (bicyclic) bond motifs is 1. The van der Waals surface area contributed by atoms with Crippen molar-refractivity contribution in [3.8, 4) is 0 Å². The predicted molar refractivity (Wildman–Crippen MR) is 120 cm³/mol. The SMILES string of the molecule is [CH2]Cc1nc2c(ccn2CC)cc1CN(Cc1cc(C(F)(F)F)cc(C(F)(F)F)c1)c1nnn(C)n1. The third-order valence-corrected chi connectivity index (χ3v) is 5.65. The summed E-state index contributed by atoms with van der Waals surface area (Å²) in [5.41, 5.74) is -0.876. The standard InChI is InChI=1S/C23H22F6N7/c1-4-19-16(10-15-6-7-35(5-2)20(15)30-19)13-36(21-31-33-34(3)32-21)12-14-8-17(22(24,25)26)11-18(9-14)23(27,28)29/h6-11H,1,4-5,12-13H2,2-3H3. The highest BCUT2D eigenvalue weighted by atomic mass is 19.4. The van der Waals surface area contributed by atoms with Crippen molar-refractivity contribution in [1.29, 1.82) is 0 Å². The molecule has 0 spiro atoms. The van der Waals surface area contributed by atoms with Crippen molar-refractivity contribution >= 4 is 17.0 Å². The van der Waals surface area contributed by atoms with Crippen LogP contribution in [0.3, 0.4) is 0 Å². The fourth-order valence-electron chi connectivity index (χ4n) is 3.94. The van der Waals surface area contributed by atoms with Gasteiger partial charge >= 0.3 is 12.4 Å². The third-order valence-electron chi connectivity index (χ3n) is 5.65. The number of aromatic nitrogens is 6. The Balaban J connectivity index is 1.77. The number of nitrogens with zero attached hydrogens (tertiary/aromatic N) is 7. The van der Waals surface area contributed by atoms with Crippen molar-refractivity contribution in [3.05, 3.63) is 71.4 Å². The molecule has 13 heteroatoms. The van der Waals surface area contributed by atoms with Crippen LogP contribution in [0.2, 0.25) is 0 Å². The number of halogens is 6. The van der Waals surface area contributed by atoms with Crippen molar-refractivity contribution in [2.24, 2.45) is 7.05 Å². The zero-order valence-electron chi connectivity index (χ0n) is 19.4. The monoisotopic (exact) mass is 510 g/mol. The summed E-state index contributed by atoms with van der Waals surface area (Å²) in [5.74, 6) is 0.0460. The largest absolute Gasteiger partial charge is 0.416 e. The number of alkyl halides is 6. The van der Waals surface area contributed by atoms with E-state index in [1.807, 2.05) is 29.8 Å². The van der Waals surface area contributed by atoms with Crippen LogP contribution >= 0.6 is 0 Å². The number of anilines is 1. The number of pyridine rings is 1. The van der Waals surface area contributed by atoms with E-state index in [4.69, 9.17) is 4.98 Å². The zero-order valence-corrected chi connectivity index (χ0v) is 19.4. The number of hydrogen-bond acceptors (Lipinski definition) is 5. The van der Waals surface area contributed by atoms with Crippen LogP contribution in [0.25, 0.3) is 11.0 Å². The van der Waals surface area contributed by atoms with E-state index < -0.39 is 23.5 Å². The van der Waals surface area contributed by atoms with Crippen LogP contribution in [-0.2, 0) is 45.5 Å². The van der Waals surface area contributed by atoms with E-state index in [0.717, 1.165) is 15.8 Å². The summed E-state index contributed by atoms with van der Waals surface area (Å²) in [6, 6.07) is 5.26. The Morgan fingerprint density at radius 3 is 2.17 bits per heavy atom. The van der Waals surface area contributed by atoms with Crippen LogP contribution in [0.5, 0.6) is 0 Å². The predicted octanol–water partition coefficient (Wildman–Crippen LogP) is 5.20. The van der Waals surface area contributed by atoms with Gasteiger partial charge in [0.05, 0.1) is 18.2 Å². The summed E-state index contributed by atoms with van der Waals surface area (Å²) in [7, 11) is 1.50. The summed E-state index contributed by atoms with van der Waals surface area (Å²) in [6.45, 7) is 6.34. The van der Waals surface area contributed by atoms with Gasteiger partial charge < -0.3 is 9.47 Å². The number of rotatable bonds is 7. The molecule has 0 atom stereocenters. The Bertz CT molecular complexity index is 1340. The van der Waals surface area contributed by atoms with E-state index in [-0.39, 0.29) is 30.7 Å². The van der Waals surface area contributed by atoms with Crippen LogP contribution in [-0.4, -0.2) is 29.8 Å². The van der Waals surface area contributed by atoms with Gasteiger partial charge in [0.1, 0.15) is 5.65 Å². The van der Waals surface area contributed by atoms with E-state index in [9.17, 15) is 26.3 Å². The average Bonchev–Trinajstić information content (AvgIpc) is 3.42. The van der Waals surface area contributed by atoms with Gasteiger partial charge in [0.2, 0.25) is 0 Å². The summed E-state index contributed by atoms with van der Waals surface area (Å²) >= 11 is 0. The number of benzene rings is 1. The summed E-state index contributed by atoms with van der Waals surface area (Å²) in [5, 5.41) is 12.7. The molecule has 0 saturated heterocycles. The molecule has 0 aliphatic carbocycles. The van der Waals surface area contributed by atoms with Crippen molar-refractivity contribution in [2.45, 2.75) is 45.3 Å². The van der Waals surface area contributed by atoms with Crippen molar-refractivity contribution in [3.63, 3.8) is 0 Å². The molecule has 191 valence electrons. The summed E-state index contributed by atoms with van der Waals surface area (Å²) < 4.78 is 82.3. The normalized spacial score (nSPS) is 12.5. The lowest BCUT2D eigenvalue weighted by molar-refractivity contribution is -0.143. The molecule has 0 aliphatic rings. The molecule has 0 aliphatic heterocycles. The lowest BCUT2D eigenvalue weighted by Crippen LogP contribution is -2.25. The first-order valence-electron chi connectivity index (χ1n) is 10.9. The van der Waals surface area contributed by atoms with Crippen LogP contribution in [0, 0.1) is 6.92 Å². The quantitative estimate of drug-likeness (QED) is 0.320.